The molecule has 0 N–H and O–H groups in total. The molecule has 162 valence electrons. The third-order valence-electron chi connectivity index (χ3n) is 6.83. The van der Waals surface area contributed by atoms with Crippen LogP contribution in [-0.2, 0) is 6.54 Å². The van der Waals surface area contributed by atoms with Crippen LogP contribution in [0.15, 0.2) is 47.3 Å². The van der Waals surface area contributed by atoms with Crippen molar-refractivity contribution in [3.63, 3.8) is 0 Å². The van der Waals surface area contributed by atoms with Gasteiger partial charge in [0.2, 0.25) is 0 Å². The van der Waals surface area contributed by atoms with Crippen LogP contribution in [-0.4, -0.2) is 33.6 Å². The summed E-state index contributed by atoms with van der Waals surface area (Å²) in [6.45, 7) is 7.54. The maximum Gasteiger partial charge on any atom is 0.261 e. The van der Waals surface area contributed by atoms with Gasteiger partial charge in [-0.3, -0.25) is 9.36 Å². The van der Waals surface area contributed by atoms with Crippen LogP contribution in [0.3, 0.4) is 0 Å². The van der Waals surface area contributed by atoms with E-state index in [1.165, 1.54) is 19.4 Å². The highest BCUT2D eigenvalue weighted by molar-refractivity contribution is 6.30. The third-order valence-corrected chi connectivity index (χ3v) is 7.08. The number of benzene rings is 2. The van der Waals surface area contributed by atoms with Crippen LogP contribution in [0.5, 0.6) is 0 Å². The molecule has 1 aromatic heterocycles. The molecule has 0 radical (unpaired) electrons. The molecule has 2 heterocycles. The van der Waals surface area contributed by atoms with Crippen LogP contribution in [0.2, 0.25) is 5.02 Å². The highest BCUT2D eigenvalue weighted by Crippen LogP contribution is 2.39. The van der Waals surface area contributed by atoms with Gasteiger partial charge in [-0.2, -0.15) is 0 Å². The standard InChI is InChI=1S/C26H30ClN3O/c1-17(2)29-13-3-4-18(15-29)16-30-25(20-5-6-20)28-24-12-9-21(14-23(24)26(30)31)19-7-10-22(27)11-8-19/h7-12,14,17-18,20H,3-6,13,15-16H2,1-2H3/t18-/m1/s1. The van der Waals surface area contributed by atoms with E-state index in [0.717, 1.165) is 48.4 Å². The van der Waals surface area contributed by atoms with Gasteiger partial charge in [-0.05, 0) is 87.4 Å². The summed E-state index contributed by atoms with van der Waals surface area (Å²) < 4.78 is 2.01. The molecule has 0 amide bonds. The number of piperidine rings is 1. The number of hydrogen-bond donors (Lipinski definition) is 0. The highest BCUT2D eigenvalue weighted by atomic mass is 35.5. The topological polar surface area (TPSA) is 38.1 Å². The maximum atomic E-state index is 13.7. The fourth-order valence-corrected chi connectivity index (χ4v) is 4.99. The average molecular weight is 436 g/mol. The molecule has 2 fully saturated rings. The molecule has 5 heteroatoms. The van der Waals surface area contributed by atoms with Gasteiger partial charge in [-0.25, -0.2) is 4.98 Å². The zero-order chi connectivity index (χ0) is 21.5. The Bertz CT molecular complexity index is 1150. The number of fused-ring (bicyclic) bond motifs is 1. The Morgan fingerprint density at radius 2 is 1.81 bits per heavy atom. The Labute approximate surface area is 188 Å². The number of hydrogen-bond acceptors (Lipinski definition) is 3. The van der Waals surface area contributed by atoms with Gasteiger partial charge in [0.1, 0.15) is 5.82 Å². The Morgan fingerprint density at radius 3 is 2.52 bits per heavy atom. The fourth-order valence-electron chi connectivity index (χ4n) is 4.86. The molecule has 2 aliphatic rings. The summed E-state index contributed by atoms with van der Waals surface area (Å²) in [5, 5.41) is 1.43. The number of likely N-dealkylation sites (tertiary alicyclic amines) is 1. The second-order valence-electron chi connectivity index (χ2n) is 9.50. The zero-order valence-electron chi connectivity index (χ0n) is 18.4. The van der Waals surface area contributed by atoms with Crippen molar-refractivity contribution < 1.29 is 0 Å². The molecule has 4 nitrogen and oxygen atoms in total. The summed E-state index contributed by atoms with van der Waals surface area (Å²) >= 11 is 6.05. The molecular weight excluding hydrogens is 406 g/mol. The van der Waals surface area contributed by atoms with Gasteiger partial charge in [0.15, 0.2) is 0 Å². The third kappa shape index (κ3) is 4.28. The second-order valence-corrected chi connectivity index (χ2v) is 9.93. The van der Waals surface area contributed by atoms with Gasteiger partial charge < -0.3 is 4.90 Å². The first-order valence-electron chi connectivity index (χ1n) is 11.5. The summed E-state index contributed by atoms with van der Waals surface area (Å²) in [5.41, 5.74) is 3.01. The van der Waals surface area contributed by atoms with Gasteiger partial charge in [-0.15, -0.1) is 0 Å². The minimum absolute atomic E-state index is 0.115. The molecule has 1 saturated heterocycles. The number of halogens is 1. The highest BCUT2D eigenvalue weighted by Gasteiger charge is 2.31. The molecule has 1 saturated carbocycles. The van der Waals surface area contributed by atoms with E-state index in [2.05, 4.69) is 24.8 Å². The van der Waals surface area contributed by atoms with Crippen LogP contribution in [0.25, 0.3) is 22.0 Å². The van der Waals surface area contributed by atoms with E-state index in [1.54, 1.807) is 0 Å². The first kappa shape index (κ1) is 20.7. The van der Waals surface area contributed by atoms with Crippen LogP contribution < -0.4 is 5.56 Å². The molecule has 2 aromatic carbocycles. The Kier molecular flexibility index (Phi) is 5.61. The summed E-state index contributed by atoms with van der Waals surface area (Å²) in [4.78, 5) is 21.2. The van der Waals surface area contributed by atoms with Crippen molar-refractivity contribution in [1.29, 1.82) is 0 Å². The molecule has 1 aliphatic carbocycles. The normalized spacial score (nSPS) is 19.9. The fraction of sp³-hybridized carbons (Fsp3) is 0.462. The zero-order valence-corrected chi connectivity index (χ0v) is 19.1. The van der Waals surface area contributed by atoms with Crippen molar-refractivity contribution in [1.82, 2.24) is 14.5 Å². The van der Waals surface area contributed by atoms with Crippen molar-refractivity contribution in [2.45, 2.75) is 58.0 Å². The lowest BCUT2D eigenvalue weighted by atomic mass is 9.96. The Hall–Kier alpha value is -2.17. The lowest BCUT2D eigenvalue weighted by Crippen LogP contribution is -2.42. The van der Waals surface area contributed by atoms with Crippen molar-refractivity contribution in [2.24, 2.45) is 5.92 Å². The van der Waals surface area contributed by atoms with E-state index in [0.29, 0.717) is 28.3 Å². The van der Waals surface area contributed by atoms with E-state index >= 15 is 0 Å². The quantitative estimate of drug-likeness (QED) is 0.514. The first-order valence-corrected chi connectivity index (χ1v) is 11.9. The van der Waals surface area contributed by atoms with Crippen molar-refractivity contribution in [3.05, 3.63) is 63.7 Å². The minimum atomic E-state index is 0.115. The van der Waals surface area contributed by atoms with E-state index in [-0.39, 0.29) is 5.56 Å². The number of rotatable bonds is 5. The molecular formula is C26H30ClN3O. The SMILES string of the molecule is CC(C)N1CCC[C@@H](Cn2c(C3CC3)nc3ccc(-c4ccc(Cl)cc4)cc3c2=O)C1. The summed E-state index contributed by atoms with van der Waals surface area (Å²) in [7, 11) is 0. The van der Waals surface area contributed by atoms with Crippen LogP contribution in [0.4, 0.5) is 0 Å². The van der Waals surface area contributed by atoms with Crippen molar-refractivity contribution in [3.8, 4) is 11.1 Å². The lowest BCUT2D eigenvalue weighted by molar-refractivity contribution is 0.129. The molecule has 3 aromatic rings. The smallest absolute Gasteiger partial charge is 0.261 e. The van der Waals surface area contributed by atoms with Gasteiger partial charge in [-0.1, -0.05) is 29.8 Å². The van der Waals surface area contributed by atoms with Crippen LogP contribution in [0, 0.1) is 5.92 Å². The average Bonchev–Trinajstić information content (AvgIpc) is 3.61. The molecule has 5 rings (SSSR count). The molecule has 0 unspecified atom stereocenters. The Balaban J connectivity index is 1.54. The second kappa shape index (κ2) is 8.40. The van der Waals surface area contributed by atoms with E-state index in [1.807, 2.05) is 41.0 Å². The van der Waals surface area contributed by atoms with E-state index in [9.17, 15) is 4.79 Å². The minimum Gasteiger partial charge on any atom is -0.301 e. The van der Waals surface area contributed by atoms with Gasteiger partial charge in [0.05, 0.1) is 10.9 Å². The summed E-state index contributed by atoms with van der Waals surface area (Å²) in [6, 6.07) is 14.4. The molecule has 1 aliphatic heterocycles. The largest absolute Gasteiger partial charge is 0.301 e. The van der Waals surface area contributed by atoms with Crippen LogP contribution >= 0.6 is 11.6 Å². The van der Waals surface area contributed by atoms with E-state index < -0.39 is 0 Å². The number of aromatic nitrogens is 2. The summed E-state index contributed by atoms with van der Waals surface area (Å²) in [6.07, 6.45) is 4.67. The van der Waals surface area contributed by atoms with Gasteiger partial charge in [0.25, 0.3) is 5.56 Å². The predicted molar refractivity (Wildman–Crippen MR) is 128 cm³/mol. The molecule has 31 heavy (non-hydrogen) atoms. The van der Waals surface area contributed by atoms with Gasteiger partial charge >= 0.3 is 0 Å². The maximum absolute atomic E-state index is 13.7. The first-order chi connectivity index (χ1) is 15.0. The summed E-state index contributed by atoms with van der Waals surface area (Å²) in [5.74, 6) is 1.95. The number of nitrogens with zero attached hydrogens (tertiary/aromatic N) is 3. The molecule has 0 spiro atoms. The molecule has 0 bridgehead atoms. The van der Waals surface area contributed by atoms with Crippen molar-refractivity contribution in [2.75, 3.05) is 13.1 Å². The van der Waals surface area contributed by atoms with Gasteiger partial charge in [0, 0.05) is 30.1 Å². The van der Waals surface area contributed by atoms with Crippen LogP contribution in [0.1, 0.15) is 51.3 Å². The Morgan fingerprint density at radius 1 is 1.06 bits per heavy atom. The predicted octanol–water partition coefficient (Wildman–Crippen LogP) is 5.71. The van der Waals surface area contributed by atoms with E-state index in [4.69, 9.17) is 16.6 Å². The lowest BCUT2D eigenvalue weighted by Gasteiger charge is -2.35. The van der Waals surface area contributed by atoms with Crippen molar-refractivity contribution >= 4 is 22.5 Å². The molecule has 1 atom stereocenters. The monoisotopic (exact) mass is 435 g/mol.